The maximum Gasteiger partial charge on any atom is 0.324 e. The molecule has 0 unspecified atom stereocenters. The smallest absolute Gasteiger partial charge is 0.324 e. The predicted octanol–water partition coefficient (Wildman–Crippen LogP) is 1.87. The van der Waals surface area contributed by atoms with E-state index in [9.17, 15) is 14.9 Å². The molecule has 3 heterocycles. The Balaban J connectivity index is 1.65. The molecule has 0 bridgehead atoms. The van der Waals surface area contributed by atoms with Gasteiger partial charge in [-0.1, -0.05) is 11.3 Å². The second kappa shape index (κ2) is 5.14. The number of nitro groups is 1. The first-order valence-corrected chi connectivity index (χ1v) is 7.71. The first-order chi connectivity index (χ1) is 9.60. The van der Waals surface area contributed by atoms with E-state index in [4.69, 9.17) is 0 Å². The summed E-state index contributed by atoms with van der Waals surface area (Å²) >= 11 is 1.01. The maximum atomic E-state index is 12.3. The Morgan fingerprint density at radius 3 is 2.70 bits per heavy atom. The zero-order valence-electron chi connectivity index (χ0n) is 11.1. The summed E-state index contributed by atoms with van der Waals surface area (Å²) in [6.45, 7) is 3.64. The van der Waals surface area contributed by atoms with Crippen LogP contribution >= 0.6 is 11.3 Å². The van der Waals surface area contributed by atoms with Gasteiger partial charge in [-0.3, -0.25) is 14.9 Å². The molecule has 1 aromatic heterocycles. The van der Waals surface area contributed by atoms with E-state index in [1.807, 2.05) is 4.90 Å². The summed E-state index contributed by atoms with van der Waals surface area (Å²) in [5.41, 5.74) is 0.819. The van der Waals surface area contributed by atoms with Gasteiger partial charge in [0.05, 0.1) is 10.5 Å². The largest absolute Gasteiger partial charge is 0.339 e. The second-order valence-electron chi connectivity index (χ2n) is 5.65. The SMILES string of the molecule is O=C(c1csc([N+](=O)[O-])c1)N1CCC2(CCNC2)CC1. The van der Waals surface area contributed by atoms with Crippen molar-refractivity contribution in [1.29, 1.82) is 0 Å². The fourth-order valence-corrected chi connectivity index (χ4v) is 3.82. The average Bonchev–Trinajstić information content (AvgIpc) is 3.08. The number of carbonyl (C=O) groups is 1. The Labute approximate surface area is 120 Å². The molecule has 1 N–H and O–H groups in total. The molecule has 20 heavy (non-hydrogen) atoms. The van der Waals surface area contributed by atoms with Gasteiger partial charge in [0.2, 0.25) is 0 Å². The van der Waals surface area contributed by atoms with E-state index >= 15 is 0 Å². The Kier molecular flexibility index (Phi) is 3.47. The van der Waals surface area contributed by atoms with E-state index in [2.05, 4.69) is 5.32 Å². The van der Waals surface area contributed by atoms with E-state index in [1.54, 1.807) is 5.38 Å². The van der Waals surface area contributed by atoms with Gasteiger partial charge >= 0.3 is 5.00 Å². The van der Waals surface area contributed by atoms with Crippen LogP contribution in [0.2, 0.25) is 0 Å². The number of hydrogen-bond donors (Lipinski definition) is 1. The number of likely N-dealkylation sites (tertiary alicyclic amines) is 1. The Hall–Kier alpha value is -1.47. The molecule has 2 fully saturated rings. The van der Waals surface area contributed by atoms with Crippen molar-refractivity contribution < 1.29 is 9.72 Å². The van der Waals surface area contributed by atoms with E-state index in [1.165, 1.54) is 12.5 Å². The third-order valence-electron chi connectivity index (χ3n) is 4.46. The molecule has 108 valence electrons. The van der Waals surface area contributed by atoms with Crippen molar-refractivity contribution in [2.75, 3.05) is 26.2 Å². The van der Waals surface area contributed by atoms with Crippen molar-refractivity contribution in [3.63, 3.8) is 0 Å². The number of nitrogens with one attached hydrogen (secondary N) is 1. The van der Waals surface area contributed by atoms with E-state index in [0.717, 1.165) is 50.4 Å². The average molecular weight is 295 g/mol. The first-order valence-electron chi connectivity index (χ1n) is 6.83. The highest BCUT2D eigenvalue weighted by Gasteiger charge is 2.38. The predicted molar refractivity (Wildman–Crippen MR) is 76.0 cm³/mol. The summed E-state index contributed by atoms with van der Waals surface area (Å²) in [4.78, 5) is 24.4. The van der Waals surface area contributed by atoms with Crippen LogP contribution in [-0.2, 0) is 0 Å². The molecule has 1 aromatic rings. The van der Waals surface area contributed by atoms with Gasteiger partial charge in [-0.25, -0.2) is 0 Å². The minimum absolute atomic E-state index is 0.0295. The van der Waals surface area contributed by atoms with Gasteiger partial charge in [0, 0.05) is 31.1 Å². The minimum atomic E-state index is -0.448. The highest BCUT2D eigenvalue weighted by atomic mass is 32.1. The van der Waals surface area contributed by atoms with Crippen molar-refractivity contribution >= 4 is 22.2 Å². The summed E-state index contributed by atoms with van der Waals surface area (Å²) in [7, 11) is 0. The lowest BCUT2D eigenvalue weighted by molar-refractivity contribution is -0.380. The van der Waals surface area contributed by atoms with Crippen molar-refractivity contribution in [3.8, 4) is 0 Å². The van der Waals surface area contributed by atoms with Gasteiger partial charge in [-0.05, 0) is 31.2 Å². The van der Waals surface area contributed by atoms with Crippen LogP contribution in [0.5, 0.6) is 0 Å². The number of piperidine rings is 1. The van der Waals surface area contributed by atoms with Crippen LogP contribution in [0.1, 0.15) is 29.6 Å². The number of nitrogens with zero attached hydrogens (tertiary/aromatic N) is 2. The second-order valence-corrected chi connectivity index (χ2v) is 6.54. The molecule has 0 saturated carbocycles. The molecule has 0 atom stereocenters. The Morgan fingerprint density at radius 1 is 1.40 bits per heavy atom. The molecular weight excluding hydrogens is 278 g/mol. The van der Waals surface area contributed by atoms with Crippen LogP contribution < -0.4 is 5.32 Å². The molecule has 7 heteroatoms. The third-order valence-corrected chi connectivity index (χ3v) is 5.34. The molecule has 0 aliphatic carbocycles. The molecule has 2 saturated heterocycles. The molecule has 2 aliphatic heterocycles. The van der Waals surface area contributed by atoms with Crippen LogP contribution in [0.25, 0.3) is 0 Å². The summed E-state index contributed by atoms with van der Waals surface area (Å²) in [6, 6.07) is 1.38. The van der Waals surface area contributed by atoms with Gasteiger partial charge in [-0.2, -0.15) is 0 Å². The lowest BCUT2D eigenvalue weighted by atomic mass is 9.78. The van der Waals surface area contributed by atoms with Gasteiger partial charge in [0.15, 0.2) is 0 Å². The fraction of sp³-hybridized carbons (Fsp3) is 0.615. The summed E-state index contributed by atoms with van der Waals surface area (Å²) in [6.07, 6.45) is 3.24. The Morgan fingerprint density at radius 2 is 2.15 bits per heavy atom. The highest BCUT2D eigenvalue weighted by molar-refractivity contribution is 7.13. The number of carbonyl (C=O) groups excluding carboxylic acids is 1. The third kappa shape index (κ3) is 2.43. The molecule has 2 aliphatic rings. The van der Waals surface area contributed by atoms with E-state index in [-0.39, 0.29) is 10.9 Å². The quantitative estimate of drug-likeness (QED) is 0.667. The van der Waals surface area contributed by atoms with Crippen molar-refractivity contribution in [2.45, 2.75) is 19.3 Å². The monoisotopic (exact) mass is 295 g/mol. The van der Waals surface area contributed by atoms with E-state index in [0.29, 0.717) is 11.0 Å². The fourth-order valence-electron chi connectivity index (χ4n) is 3.12. The minimum Gasteiger partial charge on any atom is -0.339 e. The first kappa shape index (κ1) is 13.5. The topological polar surface area (TPSA) is 75.5 Å². The summed E-state index contributed by atoms with van der Waals surface area (Å²) in [5.74, 6) is -0.0739. The summed E-state index contributed by atoms with van der Waals surface area (Å²) in [5, 5.41) is 15.7. The van der Waals surface area contributed by atoms with Crippen LogP contribution in [0, 0.1) is 15.5 Å². The summed E-state index contributed by atoms with van der Waals surface area (Å²) < 4.78 is 0. The number of rotatable bonds is 2. The van der Waals surface area contributed by atoms with E-state index < -0.39 is 4.92 Å². The van der Waals surface area contributed by atoms with Crippen LogP contribution in [0.4, 0.5) is 5.00 Å². The lowest BCUT2D eigenvalue weighted by Gasteiger charge is -2.38. The number of hydrogen-bond acceptors (Lipinski definition) is 5. The van der Waals surface area contributed by atoms with Crippen LogP contribution in [0.3, 0.4) is 0 Å². The molecule has 3 rings (SSSR count). The maximum absolute atomic E-state index is 12.3. The molecule has 0 aromatic carbocycles. The normalized spacial score (nSPS) is 21.3. The Bertz CT molecular complexity index is 527. The van der Waals surface area contributed by atoms with Crippen LogP contribution in [0.15, 0.2) is 11.4 Å². The standard InChI is InChI=1S/C13H17N3O3S/c17-12(10-7-11(16(18)19)20-8-10)15-5-2-13(3-6-15)1-4-14-9-13/h7-8,14H,1-6,9H2. The van der Waals surface area contributed by atoms with Gasteiger partial charge in [-0.15, -0.1) is 0 Å². The zero-order valence-corrected chi connectivity index (χ0v) is 11.9. The van der Waals surface area contributed by atoms with Gasteiger partial charge < -0.3 is 10.2 Å². The van der Waals surface area contributed by atoms with Gasteiger partial charge in [0.1, 0.15) is 0 Å². The van der Waals surface area contributed by atoms with Gasteiger partial charge in [0.25, 0.3) is 5.91 Å². The molecule has 1 amide bonds. The van der Waals surface area contributed by atoms with Crippen LogP contribution in [-0.4, -0.2) is 41.9 Å². The van der Waals surface area contributed by atoms with Crippen molar-refractivity contribution in [1.82, 2.24) is 10.2 Å². The molecule has 0 radical (unpaired) electrons. The molecule has 1 spiro atoms. The highest BCUT2D eigenvalue weighted by Crippen LogP contribution is 2.37. The number of thiophene rings is 1. The molecular formula is C13H17N3O3S. The zero-order chi connectivity index (χ0) is 14.2. The van der Waals surface area contributed by atoms with Crippen molar-refractivity contribution in [2.24, 2.45) is 5.41 Å². The molecule has 6 nitrogen and oxygen atoms in total. The number of amides is 1. The van der Waals surface area contributed by atoms with Crippen molar-refractivity contribution in [3.05, 3.63) is 27.1 Å². The lowest BCUT2D eigenvalue weighted by Crippen LogP contribution is -2.43.